The number of nitriles is 1. The maximum absolute atomic E-state index is 12.2. The highest BCUT2D eigenvalue weighted by Gasteiger charge is 2.35. The van der Waals surface area contributed by atoms with Crippen molar-refractivity contribution in [2.75, 3.05) is 0 Å². The first-order valence-corrected chi connectivity index (χ1v) is 7.26. The molecule has 0 aromatic heterocycles. The zero-order chi connectivity index (χ0) is 14.8. The highest BCUT2D eigenvalue weighted by atomic mass is 35.7. The van der Waals surface area contributed by atoms with Gasteiger partial charge in [0.25, 0.3) is 9.05 Å². The van der Waals surface area contributed by atoms with Crippen LogP contribution in [0, 0.1) is 11.3 Å². The summed E-state index contributed by atoms with van der Waals surface area (Å²) in [6, 6.07) is 3.25. The first-order chi connectivity index (χ1) is 8.58. The van der Waals surface area contributed by atoms with Crippen LogP contribution in [0.3, 0.4) is 0 Å². The fraction of sp³-hybridized carbons (Fsp3) is 0.222. The Morgan fingerprint density at radius 2 is 1.95 bits per heavy atom. The molecule has 1 aromatic rings. The van der Waals surface area contributed by atoms with Crippen molar-refractivity contribution in [3.63, 3.8) is 0 Å². The molecule has 0 bridgehead atoms. The van der Waals surface area contributed by atoms with Gasteiger partial charge < -0.3 is 4.74 Å². The van der Waals surface area contributed by atoms with Gasteiger partial charge in [-0.15, -0.1) is 24.8 Å². The van der Waals surface area contributed by atoms with E-state index in [0.29, 0.717) is 6.07 Å². The molecule has 104 valence electrons. The molecule has 0 heterocycles. The van der Waals surface area contributed by atoms with Gasteiger partial charge in [0.1, 0.15) is 4.90 Å². The standard InChI is InChI=1S/C9H4Cl2F3NO3S/c10-3-6-1-5(4-15)2-7(19(11,16)17)8(6)18-9(12,13)14/h1-2H,3H2. The maximum Gasteiger partial charge on any atom is 0.573 e. The first kappa shape index (κ1) is 15.9. The number of alkyl halides is 4. The third-order valence-corrected chi connectivity index (χ3v) is 3.50. The maximum atomic E-state index is 12.2. The molecule has 0 radical (unpaired) electrons. The number of benzene rings is 1. The molecule has 0 amide bonds. The number of hydrogen-bond acceptors (Lipinski definition) is 4. The molecule has 4 nitrogen and oxygen atoms in total. The van der Waals surface area contributed by atoms with Gasteiger partial charge in [0.05, 0.1) is 17.5 Å². The van der Waals surface area contributed by atoms with E-state index in [1.54, 1.807) is 6.07 Å². The second-order valence-electron chi connectivity index (χ2n) is 3.19. The van der Waals surface area contributed by atoms with Gasteiger partial charge in [0.15, 0.2) is 5.75 Å². The average molecular weight is 334 g/mol. The van der Waals surface area contributed by atoms with Gasteiger partial charge in [-0.05, 0) is 12.1 Å². The van der Waals surface area contributed by atoms with E-state index < -0.39 is 31.9 Å². The van der Waals surface area contributed by atoms with Gasteiger partial charge in [-0.3, -0.25) is 0 Å². The summed E-state index contributed by atoms with van der Waals surface area (Å²) in [5.41, 5.74) is -0.512. The van der Waals surface area contributed by atoms with Crippen LogP contribution in [0.2, 0.25) is 0 Å². The van der Waals surface area contributed by atoms with Crippen molar-refractivity contribution in [2.45, 2.75) is 17.1 Å². The van der Waals surface area contributed by atoms with Gasteiger partial charge in [-0.1, -0.05) is 0 Å². The molecule has 0 spiro atoms. The fourth-order valence-corrected chi connectivity index (χ4v) is 2.44. The zero-order valence-corrected chi connectivity index (χ0v) is 11.2. The topological polar surface area (TPSA) is 67.2 Å². The van der Waals surface area contributed by atoms with Crippen LogP contribution in [0.25, 0.3) is 0 Å². The van der Waals surface area contributed by atoms with Crippen LogP contribution in [0.4, 0.5) is 13.2 Å². The molecule has 0 unspecified atom stereocenters. The lowest BCUT2D eigenvalue weighted by atomic mass is 10.1. The fourth-order valence-electron chi connectivity index (χ4n) is 1.24. The highest BCUT2D eigenvalue weighted by molar-refractivity contribution is 8.13. The molecule has 0 aliphatic heterocycles. The van der Waals surface area contributed by atoms with Crippen molar-refractivity contribution in [1.82, 2.24) is 0 Å². The van der Waals surface area contributed by atoms with Crippen LogP contribution < -0.4 is 4.74 Å². The molecule has 1 aromatic carbocycles. The molecular weight excluding hydrogens is 330 g/mol. The van der Waals surface area contributed by atoms with Crippen molar-refractivity contribution in [1.29, 1.82) is 5.26 Å². The van der Waals surface area contributed by atoms with E-state index in [1.807, 2.05) is 0 Å². The van der Waals surface area contributed by atoms with Crippen molar-refractivity contribution < 1.29 is 26.3 Å². The lowest BCUT2D eigenvalue weighted by Crippen LogP contribution is -2.19. The monoisotopic (exact) mass is 333 g/mol. The minimum atomic E-state index is -5.12. The van der Waals surface area contributed by atoms with Gasteiger partial charge in [0, 0.05) is 16.2 Å². The third-order valence-electron chi connectivity index (χ3n) is 1.89. The van der Waals surface area contributed by atoms with E-state index in [0.717, 1.165) is 6.07 Å². The van der Waals surface area contributed by atoms with Gasteiger partial charge in [0.2, 0.25) is 0 Å². The molecule has 0 saturated carbocycles. The largest absolute Gasteiger partial charge is 0.573 e. The van der Waals surface area contributed by atoms with Crippen molar-refractivity contribution >= 4 is 31.3 Å². The third kappa shape index (κ3) is 4.16. The second kappa shape index (κ2) is 5.45. The summed E-state index contributed by atoms with van der Waals surface area (Å²) in [6.45, 7) is 0. The van der Waals surface area contributed by atoms with Crippen molar-refractivity contribution in [3.05, 3.63) is 23.3 Å². The predicted molar refractivity (Wildman–Crippen MR) is 60.4 cm³/mol. The zero-order valence-electron chi connectivity index (χ0n) is 8.83. The molecule has 19 heavy (non-hydrogen) atoms. The van der Waals surface area contributed by atoms with Crippen LogP contribution in [0.5, 0.6) is 5.75 Å². The van der Waals surface area contributed by atoms with Gasteiger partial charge >= 0.3 is 6.36 Å². The Morgan fingerprint density at radius 3 is 2.32 bits per heavy atom. The summed E-state index contributed by atoms with van der Waals surface area (Å²) in [5.74, 6) is -1.52. The number of halogens is 5. The Hall–Kier alpha value is -1.17. The van der Waals surface area contributed by atoms with Crippen LogP contribution >= 0.6 is 22.3 Å². The Kier molecular flexibility index (Phi) is 4.55. The highest BCUT2D eigenvalue weighted by Crippen LogP contribution is 2.36. The van der Waals surface area contributed by atoms with E-state index >= 15 is 0 Å². The van der Waals surface area contributed by atoms with E-state index in [1.165, 1.54) is 0 Å². The molecule has 0 aliphatic rings. The predicted octanol–water partition coefficient (Wildman–Crippen LogP) is 3.12. The lowest BCUT2D eigenvalue weighted by molar-refractivity contribution is -0.275. The van der Waals surface area contributed by atoms with Gasteiger partial charge in [-0.2, -0.15) is 5.26 Å². The van der Waals surface area contributed by atoms with E-state index in [2.05, 4.69) is 4.74 Å². The quantitative estimate of drug-likeness (QED) is 0.629. The summed E-state index contributed by atoms with van der Waals surface area (Å²) < 4.78 is 62.8. The second-order valence-corrected chi connectivity index (χ2v) is 6.00. The Labute approximate surface area is 115 Å². The smallest absolute Gasteiger partial charge is 0.404 e. The van der Waals surface area contributed by atoms with E-state index in [9.17, 15) is 21.6 Å². The molecular formula is C9H4Cl2F3NO3S. The Bertz CT molecular complexity index is 637. The molecule has 1 rings (SSSR count). The summed E-state index contributed by atoms with van der Waals surface area (Å²) in [4.78, 5) is -0.957. The van der Waals surface area contributed by atoms with E-state index in [4.69, 9.17) is 27.5 Å². The first-order valence-electron chi connectivity index (χ1n) is 4.42. The molecule has 0 atom stereocenters. The normalized spacial score (nSPS) is 12.0. The molecule has 0 aliphatic carbocycles. The van der Waals surface area contributed by atoms with E-state index in [-0.39, 0.29) is 11.1 Å². The summed E-state index contributed by atoms with van der Waals surface area (Å²) in [7, 11) is 0.489. The van der Waals surface area contributed by atoms with Crippen molar-refractivity contribution in [2.24, 2.45) is 0 Å². The number of rotatable bonds is 3. The molecule has 10 heteroatoms. The van der Waals surface area contributed by atoms with Crippen LogP contribution in [0.1, 0.15) is 11.1 Å². The summed E-state index contributed by atoms with van der Waals surface area (Å²) in [6.07, 6.45) is -5.12. The SMILES string of the molecule is N#Cc1cc(CCl)c(OC(F)(F)F)c(S(=O)(=O)Cl)c1. The van der Waals surface area contributed by atoms with Crippen LogP contribution in [0.15, 0.2) is 17.0 Å². The summed E-state index contributed by atoms with van der Waals surface area (Å²) >= 11 is 5.42. The van der Waals surface area contributed by atoms with Crippen molar-refractivity contribution in [3.8, 4) is 11.8 Å². The lowest BCUT2D eigenvalue weighted by Gasteiger charge is -2.15. The number of hydrogen-bond donors (Lipinski definition) is 0. The molecule has 0 saturated heterocycles. The molecule has 0 N–H and O–H groups in total. The number of nitrogens with zero attached hydrogens (tertiary/aromatic N) is 1. The van der Waals surface area contributed by atoms with Crippen LogP contribution in [-0.2, 0) is 14.9 Å². The average Bonchev–Trinajstić information content (AvgIpc) is 2.25. The Morgan fingerprint density at radius 1 is 1.37 bits per heavy atom. The van der Waals surface area contributed by atoms with Crippen LogP contribution in [-0.4, -0.2) is 14.8 Å². The summed E-state index contributed by atoms with van der Waals surface area (Å²) in [5, 5.41) is 8.68. The number of ether oxygens (including phenoxy) is 1. The Balaban J connectivity index is 3.62. The minimum absolute atomic E-state index is 0.204. The molecule has 0 fully saturated rings. The van der Waals surface area contributed by atoms with Gasteiger partial charge in [-0.25, -0.2) is 8.42 Å². The minimum Gasteiger partial charge on any atom is -0.404 e.